The van der Waals surface area contributed by atoms with Crippen molar-refractivity contribution in [2.45, 2.75) is 213 Å². The van der Waals surface area contributed by atoms with Gasteiger partial charge in [-0.15, -0.1) is 10.2 Å². The summed E-state index contributed by atoms with van der Waals surface area (Å²) in [7, 11) is -7.02. The number of tetrazole rings is 2. The number of rotatable bonds is 37. The van der Waals surface area contributed by atoms with Gasteiger partial charge in [-0.25, -0.2) is 26.2 Å². The maximum atomic E-state index is 13.7. The van der Waals surface area contributed by atoms with Gasteiger partial charge in [-0.2, -0.15) is 10.1 Å². The first-order chi connectivity index (χ1) is 66.0. The number of carbonyl (C=O) groups is 6. The number of non-ortho nitro benzene ring substituents is 1. The lowest BCUT2D eigenvalue weighted by atomic mass is 9.76. The molecule has 2 N–H and O–H groups in total. The Kier molecular flexibility index (Phi) is 34.8. The second-order valence-electron chi connectivity index (χ2n) is 36.0. The van der Waals surface area contributed by atoms with Gasteiger partial charge in [0.1, 0.15) is 35.2 Å². The Labute approximate surface area is 821 Å². The number of carbonyl (C=O) groups excluding carboxylic acids is 6. The van der Waals surface area contributed by atoms with Crippen molar-refractivity contribution in [2.75, 3.05) is 64.8 Å². The largest absolute Gasteiger partial charge is 0.748 e. The molecule has 6 heterocycles. The van der Waals surface area contributed by atoms with Crippen LogP contribution in [0.5, 0.6) is 17.2 Å². The van der Waals surface area contributed by atoms with Gasteiger partial charge in [0.25, 0.3) is 28.6 Å². The highest BCUT2D eigenvalue weighted by molar-refractivity contribution is 8.13. The monoisotopic (exact) mass is 1990 g/mol. The summed E-state index contributed by atoms with van der Waals surface area (Å²) in [5.74, 6) is -0.195. The van der Waals surface area contributed by atoms with E-state index in [1.54, 1.807) is 81.9 Å². The van der Waals surface area contributed by atoms with Gasteiger partial charge in [0.2, 0.25) is 22.3 Å². The molecule has 8 aromatic carbocycles. The molecule has 3 unspecified atom stereocenters. The van der Waals surface area contributed by atoms with E-state index in [0.29, 0.717) is 77.0 Å². The van der Waals surface area contributed by atoms with Crippen LogP contribution in [0.15, 0.2) is 189 Å². The van der Waals surface area contributed by atoms with Crippen LogP contribution in [0.2, 0.25) is 5.02 Å². The van der Waals surface area contributed by atoms with Crippen LogP contribution < -0.4 is 34.8 Å². The van der Waals surface area contributed by atoms with Gasteiger partial charge in [-0.1, -0.05) is 185 Å². The van der Waals surface area contributed by atoms with E-state index in [0.717, 1.165) is 110 Å². The molecular formula is C99H115ClN16O19S4-2. The Morgan fingerprint density at radius 1 is 0.741 bits per heavy atom. The Morgan fingerprint density at radius 3 is 2.05 bits per heavy atom. The first-order valence-corrected chi connectivity index (χ1v) is 51.2. The minimum Gasteiger partial charge on any atom is -0.748 e. The molecule has 3 aromatic heterocycles. The minimum absolute atomic E-state index is 0.0246. The number of esters is 1. The van der Waals surface area contributed by atoms with Crippen molar-refractivity contribution in [3.05, 3.63) is 218 Å². The maximum Gasteiger partial charge on any atom is 0.327 e. The number of anilines is 4. The number of aryl methyl sites for hydroxylation is 3. The van der Waals surface area contributed by atoms with E-state index < -0.39 is 82.4 Å². The molecule has 139 heavy (non-hydrogen) atoms. The third kappa shape index (κ3) is 26.7. The Hall–Kier alpha value is -12.7. The number of amides is 4. The molecular weight excluding hydrogens is 1880 g/mol. The minimum atomic E-state index is -4.39. The number of ketones is 1. The number of hydrazone groups is 1. The molecule has 3 aliphatic rings. The third-order valence-corrected chi connectivity index (χ3v) is 28.2. The predicted molar refractivity (Wildman–Crippen MR) is 534 cm³/mol. The number of benzene rings is 8. The molecule has 4 amide bonds. The number of allylic oxidation sites excluding steroid dienone is 2. The number of amidine groups is 1. The molecule has 35 nitrogen and oxygen atoms in total. The summed E-state index contributed by atoms with van der Waals surface area (Å²) in [6.45, 7) is 29.3. The van der Waals surface area contributed by atoms with Crippen LogP contribution in [-0.4, -0.2) is 183 Å². The lowest BCUT2D eigenvalue weighted by molar-refractivity contribution is -0.385. The number of hydrogen-bond donors (Lipinski definition) is 2. The summed E-state index contributed by atoms with van der Waals surface area (Å²) in [6, 6.07) is 45.6. The normalized spacial score (nSPS) is 14.8. The molecule has 0 radical (unpaired) electrons. The lowest BCUT2D eigenvalue weighted by Crippen LogP contribution is -2.45. The van der Waals surface area contributed by atoms with Crippen molar-refractivity contribution in [1.82, 2.24) is 50.2 Å². The molecule has 0 bridgehead atoms. The number of ether oxygens (including phenoxy) is 4. The second kappa shape index (κ2) is 46.0. The number of furan rings is 1. The number of hydrogen-bond acceptors (Lipinski definition) is 30. The zero-order chi connectivity index (χ0) is 101. The van der Waals surface area contributed by atoms with Crippen LogP contribution >= 0.6 is 35.1 Å². The van der Waals surface area contributed by atoms with Gasteiger partial charge in [0, 0.05) is 113 Å². The van der Waals surface area contributed by atoms with E-state index in [1.807, 2.05) is 124 Å². The van der Waals surface area contributed by atoms with Crippen LogP contribution in [0.4, 0.5) is 33.2 Å². The Balaban J connectivity index is 0.000000187. The van der Waals surface area contributed by atoms with E-state index in [4.69, 9.17) is 40.1 Å². The van der Waals surface area contributed by atoms with Crippen molar-refractivity contribution in [2.24, 2.45) is 17.6 Å². The molecule has 1 saturated heterocycles. The molecule has 14 rings (SSSR count). The molecule has 0 saturated carbocycles. The van der Waals surface area contributed by atoms with Gasteiger partial charge >= 0.3 is 5.97 Å². The smallest absolute Gasteiger partial charge is 0.327 e. The summed E-state index contributed by atoms with van der Waals surface area (Å²) in [4.78, 5) is 96.2. The molecule has 1 fully saturated rings. The standard InChI is InChI=1S/C35H48N8O3S.C34H33NO8S2.C30H36ClN7O8S/c1-9-27(46-28-19-14-23(34(4,5)10-2)22-26(28)35(6,7)11-3)31(44)36-24-15-17-25(18-16-24)43-32(45)29(47-33-37-39-40-41(33)8)30(38-43)42-20-12-13-21-42;1-2-23(21-31-28(13-7-19-44(36,37)38)33-26-11-5-3-9-24(26)14-16-29(33)42-31)22-32-35(18-8-20-45(39,40)41)34-27-12-6-4-10-25(27)15-17-30(34)43-32;1-7-13-45-24(39)17-37-28(33-34-35-37)47-29(42)36(8-2)16-19-15-20(38(43)44)10-12-23(19)46-25(26(40)30(4,5)6)27(41)32-22-14-18(3)9-11-21(22)31/h14-19,22,27,29H,9-13,20-21H2,1-8H3,(H,36,44);3-6,9-12,14-17,21-22H,2,7-8,13,18-20H2,1H3,(H,36,37,38)(H,39,40,41);9-12,14-15,25H,7-8,13,16-17H2,1-6H3,(H,32,41)/p-2/b;23-21+,32-22-;. The lowest BCUT2D eigenvalue weighted by Gasteiger charge is -2.31. The molecule has 11 aromatic rings. The van der Waals surface area contributed by atoms with Gasteiger partial charge < -0.3 is 57.8 Å². The summed E-state index contributed by atoms with van der Waals surface area (Å²) < 4.78 is 101. The van der Waals surface area contributed by atoms with E-state index in [2.05, 4.69) is 100 Å². The first kappa shape index (κ1) is 105. The first-order valence-electron chi connectivity index (χ1n) is 46.0. The fourth-order valence-electron chi connectivity index (χ4n) is 15.6. The zero-order valence-corrected chi connectivity index (χ0v) is 84.3. The summed E-state index contributed by atoms with van der Waals surface area (Å²) in [5, 5.41) is 50.9. The molecule has 738 valence electrons. The van der Waals surface area contributed by atoms with Crippen molar-refractivity contribution in [1.29, 1.82) is 0 Å². The highest BCUT2D eigenvalue weighted by Gasteiger charge is 2.43. The Bertz CT molecular complexity index is 6710. The van der Waals surface area contributed by atoms with Crippen LogP contribution in [0.25, 0.3) is 38.6 Å². The van der Waals surface area contributed by atoms with Crippen LogP contribution in [0.3, 0.4) is 0 Å². The van der Waals surface area contributed by atoms with Crippen molar-refractivity contribution >= 4 is 163 Å². The van der Waals surface area contributed by atoms with Gasteiger partial charge in [0.05, 0.1) is 60.4 Å². The van der Waals surface area contributed by atoms with Crippen LogP contribution in [0.1, 0.15) is 181 Å². The number of fused-ring (bicyclic) bond motifs is 6. The number of likely N-dealkylation sites (tertiary alicyclic amines) is 1. The van der Waals surface area contributed by atoms with Crippen molar-refractivity contribution < 1.29 is 83.0 Å². The number of halogens is 1. The fraction of sp³-hybridized carbons (Fsp3) is 0.404. The molecule has 3 atom stereocenters. The number of nitrogens with one attached hydrogen (secondary N) is 2. The van der Waals surface area contributed by atoms with E-state index in [-0.39, 0.29) is 101 Å². The number of nitro benzene ring substituents is 1. The molecule has 3 aliphatic heterocycles. The number of aromatic nitrogens is 8. The fourth-order valence-corrected chi connectivity index (χ4v) is 18.5. The summed E-state index contributed by atoms with van der Waals surface area (Å²) >= 11 is 8.22. The number of Topliss-reactive ketones (excluding diaryl/α,β-unsaturated/α-hetero) is 1. The number of nitro groups is 1. The highest BCUT2D eigenvalue weighted by atomic mass is 35.5. The van der Waals surface area contributed by atoms with Gasteiger partial charge in [-0.3, -0.25) is 38.9 Å². The number of thioether (sulfide) groups is 2. The highest BCUT2D eigenvalue weighted by Crippen LogP contribution is 2.47. The average Bonchev–Trinajstić information content (AvgIpc) is 1.62. The zero-order valence-electron chi connectivity index (χ0n) is 80.3. The second-order valence-corrected chi connectivity index (χ2v) is 41.5. The van der Waals surface area contributed by atoms with E-state index in [9.17, 15) is 64.8 Å². The van der Waals surface area contributed by atoms with Crippen LogP contribution in [-0.2, 0) is 86.3 Å². The van der Waals surface area contributed by atoms with Crippen molar-refractivity contribution in [3.63, 3.8) is 0 Å². The third-order valence-electron chi connectivity index (χ3n) is 24.1. The van der Waals surface area contributed by atoms with Crippen molar-refractivity contribution in [3.8, 4) is 17.2 Å². The molecule has 0 spiro atoms. The SMILES string of the molecule is CCC(/C=C1\Oc2ccc3ccccc3c2N1CCCS(=O)(=O)[O-])=C\c1oc2ccc3ccccc3c2c1CCCS(=O)(=O)[O-].CCC(Oc1ccc(C(C)(C)CC)cc1C(C)(C)CC)C(=O)Nc1ccc(N2N=C(N3CCCC3)C(Sc3nnnn3C)C2=O)cc1.CCCOC(=O)Cn1nnnc1SC(=O)N(CC)Cc1cc([N+](=O)[O-])ccc1OC(C(=O)Nc1cc(C)ccc1Cl)C(=O)C(C)(C)C. The average molecular weight is 2000 g/mol. The predicted octanol–water partition coefficient (Wildman–Crippen LogP) is 18.2. The van der Waals surface area contributed by atoms with E-state index in [1.165, 1.54) is 45.4 Å². The topological polar surface area (TPSA) is 447 Å². The molecule has 0 aliphatic carbocycles. The van der Waals surface area contributed by atoms with Gasteiger partial charge in [-0.05, 0) is 209 Å². The quantitative estimate of drug-likeness (QED) is 0.00912. The van der Waals surface area contributed by atoms with E-state index >= 15 is 0 Å². The Morgan fingerprint density at radius 2 is 1.40 bits per heavy atom. The molecule has 40 heteroatoms. The number of nitrogens with zero attached hydrogens (tertiary/aromatic N) is 14. The maximum absolute atomic E-state index is 13.7. The summed E-state index contributed by atoms with van der Waals surface area (Å²) in [6.07, 6.45) is 7.82. The van der Waals surface area contributed by atoms with Gasteiger partial charge in [0.15, 0.2) is 22.9 Å². The summed E-state index contributed by atoms with van der Waals surface area (Å²) in [5.41, 5.74) is 6.57. The van der Waals surface area contributed by atoms with Crippen LogP contribution in [0, 0.1) is 22.5 Å².